The molecule has 0 saturated heterocycles. The number of carboxylic acids is 1. The topological polar surface area (TPSA) is 62.5 Å². The van der Waals surface area contributed by atoms with Crippen LogP contribution in [0.1, 0.15) is 53.4 Å². The molecule has 2 aromatic rings. The number of aromatic nitrogens is 1. The minimum Gasteiger partial charge on any atom is -0.478 e. The van der Waals surface area contributed by atoms with Gasteiger partial charge in [-0.05, 0) is 56.4 Å². The van der Waals surface area contributed by atoms with E-state index in [0.717, 1.165) is 41.4 Å². The van der Waals surface area contributed by atoms with Gasteiger partial charge in [0.1, 0.15) is 0 Å². The number of hydrogen-bond acceptors (Lipinski definition) is 2. The third-order valence-electron chi connectivity index (χ3n) is 4.24. The van der Waals surface area contributed by atoms with Gasteiger partial charge >= 0.3 is 5.97 Å². The standard InChI is InChI=1S/C18H25NO3/c1-4-5-7-14-13(3)19(8-6-9-20)17-15(14)10-12(2)11-16(17)18(21)22/h10-11,20H,4-9H2,1-3H3,(H,21,22). The molecule has 4 nitrogen and oxygen atoms in total. The number of carbonyl (C=O) groups is 1. The molecule has 0 radical (unpaired) electrons. The van der Waals surface area contributed by atoms with Crippen molar-refractivity contribution >= 4 is 16.9 Å². The van der Waals surface area contributed by atoms with Crippen LogP contribution in [0, 0.1) is 13.8 Å². The average Bonchev–Trinajstić information content (AvgIpc) is 2.73. The van der Waals surface area contributed by atoms with Crippen LogP contribution >= 0.6 is 0 Å². The molecule has 0 spiro atoms. The molecule has 0 aliphatic carbocycles. The van der Waals surface area contributed by atoms with E-state index in [4.69, 9.17) is 5.11 Å². The molecule has 0 fully saturated rings. The van der Waals surface area contributed by atoms with Crippen LogP contribution in [0.5, 0.6) is 0 Å². The second-order valence-electron chi connectivity index (χ2n) is 5.91. The van der Waals surface area contributed by atoms with Crippen LogP contribution in [-0.2, 0) is 13.0 Å². The van der Waals surface area contributed by atoms with E-state index in [1.54, 1.807) is 6.07 Å². The Hall–Kier alpha value is -1.81. The summed E-state index contributed by atoms with van der Waals surface area (Å²) in [6.45, 7) is 6.92. The van der Waals surface area contributed by atoms with Crippen LogP contribution in [0.25, 0.3) is 10.9 Å². The molecular formula is C18H25NO3. The molecule has 0 aliphatic heterocycles. The Bertz CT molecular complexity index is 685. The molecule has 1 aromatic heterocycles. The van der Waals surface area contributed by atoms with E-state index in [1.165, 1.54) is 5.56 Å². The Morgan fingerprint density at radius 1 is 1.23 bits per heavy atom. The SMILES string of the molecule is CCCCc1c(C)n(CCCO)c2c(C(=O)O)cc(C)cc12. The number of unbranched alkanes of at least 4 members (excludes halogenated alkanes) is 1. The summed E-state index contributed by atoms with van der Waals surface area (Å²) in [7, 11) is 0. The van der Waals surface area contributed by atoms with E-state index < -0.39 is 5.97 Å². The molecule has 0 amide bonds. The highest BCUT2D eigenvalue weighted by Crippen LogP contribution is 2.31. The molecule has 0 atom stereocenters. The van der Waals surface area contributed by atoms with Gasteiger partial charge in [-0.1, -0.05) is 13.3 Å². The van der Waals surface area contributed by atoms with Crippen molar-refractivity contribution in [3.05, 3.63) is 34.5 Å². The summed E-state index contributed by atoms with van der Waals surface area (Å²) in [6.07, 6.45) is 3.80. The Kier molecular flexibility index (Phi) is 5.24. The van der Waals surface area contributed by atoms with Crippen LogP contribution in [0.4, 0.5) is 0 Å². The second kappa shape index (κ2) is 6.97. The van der Waals surface area contributed by atoms with Crippen molar-refractivity contribution in [2.24, 2.45) is 0 Å². The van der Waals surface area contributed by atoms with Gasteiger partial charge in [0.15, 0.2) is 0 Å². The molecule has 0 aliphatic rings. The normalized spacial score (nSPS) is 11.3. The lowest BCUT2D eigenvalue weighted by atomic mass is 10.0. The van der Waals surface area contributed by atoms with Gasteiger partial charge in [0, 0.05) is 24.2 Å². The van der Waals surface area contributed by atoms with E-state index >= 15 is 0 Å². The predicted molar refractivity (Wildman–Crippen MR) is 88.7 cm³/mol. The van der Waals surface area contributed by atoms with Crippen molar-refractivity contribution in [3.63, 3.8) is 0 Å². The highest BCUT2D eigenvalue weighted by molar-refractivity contribution is 6.04. The van der Waals surface area contributed by atoms with Crippen molar-refractivity contribution in [3.8, 4) is 0 Å². The largest absolute Gasteiger partial charge is 0.478 e. The summed E-state index contributed by atoms with van der Waals surface area (Å²) in [5.74, 6) is -0.890. The second-order valence-corrected chi connectivity index (χ2v) is 5.91. The summed E-state index contributed by atoms with van der Waals surface area (Å²) in [6, 6.07) is 3.83. The van der Waals surface area contributed by atoms with E-state index in [1.807, 2.05) is 6.92 Å². The van der Waals surface area contributed by atoms with Crippen molar-refractivity contribution in [2.75, 3.05) is 6.61 Å². The van der Waals surface area contributed by atoms with Gasteiger partial charge in [-0.25, -0.2) is 4.79 Å². The Balaban J connectivity index is 2.73. The van der Waals surface area contributed by atoms with Gasteiger partial charge in [-0.3, -0.25) is 0 Å². The third kappa shape index (κ3) is 3.02. The lowest BCUT2D eigenvalue weighted by molar-refractivity contribution is 0.0698. The smallest absolute Gasteiger partial charge is 0.337 e. The van der Waals surface area contributed by atoms with Crippen molar-refractivity contribution in [1.29, 1.82) is 0 Å². The van der Waals surface area contributed by atoms with Crippen LogP contribution < -0.4 is 0 Å². The number of aromatic carboxylic acids is 1. The monoisotopic (exact) mass is 303 g/mol. The fourth-order valence-corrected chi connectivity index (χ4v) is 3.17. The number of rotatable bonds is 7. The van der Waals surface area contributed by atoms with Gasteiger partial charge < -0.3 is 14.8 Å². The van der Waals surface area contributed by atoms with Gasteiger partial charge in [0.2, 0.25) is 0 Å². The number of aliphatic hydroxyl groups is 1. The zero-order chi connectivity index (χ0) is 16.3. The highest BCUT2D eigenvalue weighted by Gasteiger charge is 2.20. The van der Waals surface area contributed by atoms with Crippen molar-refractivity contribution < 1.29 is 15.0 Å². The molecule has 1 heterocycles. The number of benzene rings is 1. The summed E-state index contributed by atoms with van der Waals surface area (Å²) in [5, 5.41) is 19.8. The lowest BCUT2D eigenvalue weighted by Gasteiger charge is -2.10. The predicted octanol–water partition coefficient (Wildman–Crippen LogP) is 3.68. The molecule has 0 unspecified atom stereocenters. The number of hydrogen-bond donors (Lipinski definition) is 2. The summed E-state index contributed by atoms with van der Waals surface area (Å²) in [5.41, 5.74) is 4.52. The minimum atomic E-state index is -0.890. The first-order valence-electron chi connectivity index (χ1n) is 7.97. The van der Waals surface area contributed by atoms with E-state index in [0.29, 0.717) is 18.5 Å². The summed E-state index contributed by atoms with van der Waals surface area (Å²) in [4.78, 5) is 11.7. The molecule has 1 aromatic carbocycles. The van der Waals surface area contributed by atoms with Gasteiger partial charge in [-0.2, -0.15) is 0 Å². The van der Waals surface area contributed by atoms with Crippen LogP contribution in [0.3, 0.4) is 0 Å². The molecule has 120 valence electrons. The van der Waals surface area contributed by atoms with Crippen molar-refractivity contribution in [2.45, 2.75) is 53.0 Å². The lowest BCUT2D eigenvalue weighted by Crippen LogP contribution is -2.07. The van der Waals surface area contributed by atoms with Gasteiger partial charge in [-0.15, -0.1) is 0 Å². The first-order valence-corrected chi connectivity index (χ1v) is 7.97. The fourth-order valence-electron chi connectivity index (χ4n) is 3.17. The molecular weight excluding hydrogens is 278 g/mol. The van der Waals surface area contributed by atoms with Crippen LogP contribution in [0.2, 0.25) is 0 Å². The fraction of sp³-hybridized carbons (Fsp3) is 0.500. The molecule has 22 heavy (non-hydrogen) atoms. The quantitative estimate of drug-likeness (QED) is 0.820. The molecule has 0 bridgehead atoms. The summed E-state index contributed by atoms with van der Waals surface area (Å²) >= 11 is 0. The van der Waals surface area contributed by atoms with Gasteiger partial charge in [0.25, 0.3) is 0 Å². The maximum atomic E-state index is 11.7. The van der Waals surface area contributed by atoms with Gasteiger partial charge in [0.05, 0.1) is 11.1 Å². The minimum absolute atomic E-state index is 0.109. The third-order valence-corrected chi connectivity index (χ3v) is 4.24. The van der Waals surface area contributed by atoms with E-state index in [-0.39, 0.29) is 6.61 Å². The average molecular weight is 303 g/mol. The maximum absolute atomic E-state index is 11.7. The first-order chi connectivity index (χ1) is 10.5. The molecule has 2 rings (SSSR count). The zero-order valence-corrected chi connectivity index (χ0v) is 13.6. The van der Waals surface area contributed by atoms with Crippen LogP contribution in [0.15, 0.2) is 12.1 Å². The number of aliphatic hydroxyl groups excluding tert-OH is 1. The number of aryl methyl sites for hydroxylation is 3. The molecule has 0 saturated carbocycles. The Labute approximate surface area is 131 Å². The number of nitrogens with zero attached hydrogens (tertiary/aromatic N) is 1. The molecule has 4 heteroatoms. The van der Waals surface area contributed by atoms with E-state index in [2.05, 4.69) is 24.5 Å². The van der Waals surface area contributed by atoms with Crippen LogP contribution in [-0.4, -0.2) is 27.4 Å². The van der Waals surface area contributed by atoms with Crippen molar-refractivity contribution in [1.82, 2.24) is 4.57 Å². The van der Waals surface area contributed by atoms with E-state index in [9.17, 15) is 9.90 Å². The Morgan fingerprint density at radius 3 is 2.55 bits per heavy atom. The Morgan fingerprint density at radius 2 is 1.95 bits per heavy atom. The number of fused-ring (bicyclic) bond motifs is 1. The maximum Gasteiger partial charge on any atom is 0.337 e. The zero-order valence-electron chi connectivity index (χ0n) is 13.6. The number of carboxylic acid groups (broad SMARTS) is 1. The first kappa shape index (κ1) is 16.6. The highest BCUT2D eigenvalue weighted by atomic mass is 16.4. The summed E-state index contributed by atoms with van der Waals surface area (Å²) < 4.78 is 2.07. The molecule has 2 N–H and O–H groups in total.